The Labute approximate surface area is 112 Å². The maximum atomic E-state index is 6.14. The van der Waals surface area contributed by atoms with E-state index in [4.69, 9.17) is 11.6 Å². The molecule has 0 radical (unpaired) electrons. The predicted molar refractivity (Wildman–Crippen MR) is 70.6 cm³/mol. The maximum absolute atomic E-state index is 6.14. The van der Waals surface area contributed by atoms with Crippen molar-refractivity contribution in [3.8, 4) is 0 Å². The molecular formula is C12H18ClN5. The van der Waals surface area contributed by atoms with Crippen LogP contribution < -0.4 is 0 Å². The number of nitrogens with zero attached hydrogens (tertiary/aromatic N) is 5. The van der Waals surface area contributed by atoms with Crippen molar-refractivity contribution in [3.63, 3.8) is 0 Å². The Morgan fingerprint density at radius 1 is 1.39 bits per heavy atom. The van der Waals surface area contributed by atoms with Crippen molar-refractivity contribution < 1.29 is 0 Å². The largest absolute Gasteiger partial charge is 0.268 e. The fourth-order valence-electron chi connectivity index (χ4n) is 1.91. The molecule has 6 heteroatoms. The van der Waals surface area contributed by atoms with Gasteiger partial charge in [0.15, 0.2) is 0 Å². The summed E-state index contributed by atoms with van der Waals surface area (Å²) in [4.78, 5) is 0. The number of hydrogen-bond acceptors (Lipinski definition) is 3. The van der Waals surface area contributed by atoms with Crippen LogP contribution in [0.5, 0.6) is 0 Å². The van der Waals surface area contributed by atoms with Gasteiger partial charge in [-0.1, -0.05) is 12.1 Å². The number of rotatable bonds is 5. The lowest BCUT2D eigenvalue weighted by Crippen LogP contribution is -2.08. The first-order valence-corrected chi connectivity index (χ1v) is 6.65. The van der Waals surface area contributed by atoms with Crippen LogP contribution in [0.4, 0.5) is 0 Å². The first kappa shape index (κ1) is 13.1. The summed E-state index contributed by atoms with van der Waals surface area (Å²) in [5.74, 6) is 0. The Bertz CT molecular complexity index is 516. The third-order valence-corrected chi connectivity index (χ3v) is 3.38. The van der Waals surface area contributed by atoms with Gasteiger partial charge in [-0.05, 0) is 26.3 Å². The van der Waals surface area contributed by atoms with E-state index in [9.17, 15) is 0 Å². The third-order valence-electron chi connectivity index (χ3n) is 2.84. The summed E-state index contributed by atoms with van der Waals surface area (Å²) in [5, 5.41) is 12.6. The van der Waals surface area contributed by atoms with Crippen molar-refractivity contribution in [2.75, 3.05) is 0 Å². The molecule has 5 nitrogen and oxygen atoms in total. The van der Waals surface area contributed by atoms with Crippen LogP contribution in [-0.4, -0.2) is 24.8 Å². The van der Waals surface area contributed by atoms with E-state index in [2.05, 4.69) is 28.4 Å². The summed E-state index contributed by atoms with van der Waals surface area (Å²) in [5.41, 5.74) is 2.99. The van der Waals surface area contributed by atoms with E-state index in [1.165, 1.54) is 0 Å². The van der Waals surface area contributed by atoms with Crippen molar-refractivity contribution in [2.24, 2.45) is 0 Å². The standard InChI is InChI=1S/C12H18ClN5/c1-4-11(13)12-8-17(16-14-12)7-10-6-9(3)15-18(10)5-2/h6,8,11H,4-5,7H2,1-3H3. The van der Waals surface area contributed by atoms with Crippen LogP contribution in [0.1, 0.15) is 42.7 Å². The minimum absolute atomic E-state index is 0.0587. The molecule has 0 fully saturated rings. The Balaban J connectivity index is 2.15. The smallest absolute Gasteiger partial charge is 0.101 e. The second kappa shape index (κ2) is 5.52. The number of aryl methyl sites for hydroxylation is 2. The Morgan fingerprint density at radius 3 is 2.83 bits per heavy atom. The second-order valence-corrected chi connectivity index (χ2v) is 4.84. The minimum Gasteiger partial charge on any atom is -0.268 e. The highest BCUT2D eigenvalue weighted by Crippen LogP contribution is 2.20. The summed E-state index contributed by atoms with van der Waals surface area (Å²) < 4.78 is 3.79. The van der Waals surface area contributed by atoms with Crippen molar-refractivity contribution in [1.82, 2.24) is 24.8 Å². The van der Waals surface area contributed by atoms with Gasteiger partial charge in [0, 0.05) is 6.54 Å². The van der Waals surface area contributed by atoms with Gasteiger partial charge in [0.2, 0.25) is 0 Å². The van der Waals surface area contributed by atoms with Crippen molar-refractivity contribution in [1.29, 1.82) is 0 Å². The molecule has 0 spiro atoms. The molecule has 0 aromatic carbocycles. The summed E-state index contributed by atoms with van der Waals surface area (Å²) in [6.07, 6.45) is 2.76. The molecule has 2 heterocycles. The van der Waals surface area contributed by atoms with Gasteiger partial charge < -0.3 is 0 Å². The lowest BCUT2D eigenvalue weighted by atomic mass is 10.3. The lowest BCUT2D eigenvalue weighted by Gasteiger charge is -2.03. The van der Waals surface area contributed by atoms with E-state index >= 15 is 0 Å². The molecule has 0 amide bonds. The van der Waals surface area contributed by atoms with Gasteiger partial charge in [-0.15, -0.1) is 16.7 Å². The molecule has 0 aliphatic heterocycles. The lowest BCUT2D eigenvalue weighted by molar-refractivity contribution is 0.565. The van der Waals surface area contributed by atoms with Gasteiger partial charge >= 0.3 is 0 Å². The van der Waals surface area contributed by atoms with Crippen LogP contribution in [0, 0.1) is 6.92 Å². The van der Waals surface area contributed by atoms with E-state index < -0.39 is 0 Å². The summed E-state index contributed by atoms with van der Waals surface area (Å²) in [6.45, 7) is 7.64. The molecule has 1 unspecified atom stereocenters. The molecule has 2 rings (SSSR count). The van der Waals surface area contributed by atoms with E-state index in [1.807, 2.05) is 29.4 Å². The van der Waals surface area contributed by atoms with Crippen LogP contribution in [0.3, 0.4) is 0 Å². The van der Waals surface area contributed by atoms with Crippen molar-refractivity contribution >= 4 is 11.6 Å². The average Bonchev–Trinajstić information content (AvgIpc) is 2.95. The molecular weight excluding hydrogens is 250 g/mol. The van der Waals surface area contributed by atoms with Crippen LogP contribution in [0.2, 0.25) is 0 Å². The number of halogens is 1. The Morgan fingerprint density at radius 2 is 2.17 bits per heavy atom. The SMILES string of the molecule is CCC(Cl)c1cn(Cc2cc(C)nn2CC)nn1. The zero-order valence-electron chi connectivity index (χ0n) is 11.0. The van der Waals surface area contributed by atoms with Gasteiger partial charge in [-0.2, -0.15) is 5.10 Å². The van der Waals surface area contributed by atoms with E-state index in [1.54, 1.807) is 0 Å². The molecule has 0 N–H and O–H groups in total. The second-order valence-electron chi connectivity index (χ2n) is 4.31. The molecule has 0 saturated heterocycles. The number of alkyl halides is 1. The highest BCUT2D eigenvalue weighted by Gasteiger charge is 2.11. The van der Waals surface area contributed by atoms with Crippen LogP contribution in [0.25, 0.3) is 0 Å². The molecule has 98 valence electrons. The van der Waals surface area contributed by atoms with Gasteiger partial charge in [0.25, 0.3) is 0 Å². The van der Waals surface area contributed by atoms with Crippen molar-refractivity contribution in [3.05, 3.63) is 29.3 Å². The molecule has 0 bridgehead atoms. The normalized spacial score (nSPS) is 12.9. The fraction of sp³-hybridized carbons (Fsp3) is 0.583. The van der Waals surface area contributed by atoms with Crippen LogP contribution >= 0.6 is 11.6 Å². The highest BCUT2D eigenvalue weighted by atomic mass is 35.5. The molecule has 18 heavy (non-hydrogen) atoms. The predicted octanol–water partition coefficient (Wildman–Crippen LogP) is 2.54. The molecule has 2 aromatic rings. The van der Waals surface area contributed by atoms with E-state index in [-0.39, 0.29) is 5.38 Å². The molecule has 2 aromatic heterocycles. The number of hydrogen-bond donors (Lipinski definition) is 0. The Hall–Kier alpha value is -1.36. The average molecular weight is 268 g/mol. The fourth-order valence-corrected chi connectivity index (χ4v) is 2.01. The molecule has 1 atom stereocenters. The quantitative estimate of drug-likeness (QED) is 0.782. The van der Waals surface area contributed by atoms with E-state index in [0.717, 1.165) is 30.0 Å². The first-order chi connectivity index (χ1) is 8.63. The highest BCUT2D eigenvalue weighted by molar-refractivity contribution is 6.20. The Kier molecular flexibility index (Phi) is 4.01. The van der Waals surface area contributed by atoms with Gasteiger partial charge in [-0.3, -0.25) is 4.68 Å². The summed E-state index contributed by atoms with van der Waals surface area (Å²) in [6, 6.07) is 2.07. The zero-order chi connectivity index (χ0) is 13.1. The molecule has 0 aliphatic rings. The monoisotopic (exact) mass is 267 g/mol. The molecule has 0 saturated carbocycles. The number of aromatic nitrogens is 5. The van der Waals surface area contributed by atoms with Crippen LogP contribution in [-0.2, 0) is 13.1 Å². The zero-order valence-corrected chi connectivity index (χ0v) is 11.7. The van der Waals surface area contributed by atoms with Crippen molar-refractivity contribution in [2.45, 2.75) is 45.7 Å². The minimum atomic E-state index is -0.0587. The first-order valence-electron chi connectivity index (χ1n) is 6.21. The summed E-state index contributed by atoms with van der Waals surface area (Å²) >= 11 is 6.14. The topological polar surface area (TPSA) is 48.5 Å². The summed E-state index contributed by atoms with van der Waals surface area (Å²) in [7, 11) is 0. The van der Waals surface area contributed by atoms with Gasteiger partial charge in [-0.25, -0.2) is 4.68 Å². The third kappa shape index (κ3) is 2.72. The van der Waals surface area contributed by atoms with Gasteiger partial charge in [0.1, 0.15) is 5.69 Å². The van der Waals surface area contributed by atoms with Crippen LogP contribution in [0.15, 0.2) is 12.3 Å². The van der Waals surface area contributed by atoms with Gasteiger partial charge in [0.05, 0.1) is 29.5 Å². The van der Waals surface area contributed by atoms with E-state index in [0.29, 0.717) is 6.54 Å². The molecule has 0 aliphatic carbocycles. The maximum Gasteiger partial charge on any atom is 0.101 e.